The monoisotopic (exact) mass is 476 g/mol. The van der Waals surface area contributed by atoms with E-state index in [1.807, 2.05) is 27.9 Å². The lowest BCUT2D eigenvalue weighted by atomic mass is 10.1. The molecule has 2 aliphatic heterocycles. The van der Waals surface area contributed by atoms with E-state index in [2.05, 4.69) is 24.8 Å². The Balaban J connectivity index is 0.000000275. The van der Waals surface area contributed by atoms with Crippen molar-refractivity contribution >= 4 is 29.4 Å². The number of imidazole rings is 1. The number of ether oxygens (including phenoxy) is 4. The van der Waals surface area contributed by atoms with Crippen molar-refractivity contribution in [3.8, 4) is 0 Å². The summed E-state index contributed by atoms with van der Waals surface area (Å²) >= 11 is 0. The lowest BCUT2D eigenvalue weighted by Gasteiger charge is -2.28. The van der Waals surface area contributed by atoms with Crippen LogP contribution in [-0.4, -0.2) is 105 Å². The molecule has 2 saturated heterocycles. The van der Waals surface area contributed by atoms with Crippen LogP contribution in [0, 0.1) is 0 Å². The first-order chi connectivity index (χ1) is 14.7. The van der Waals surface area contributed by atoms with Crippen LogP contribution in [0.3, 0.4) is 0 Å². The van der Waals surface area contributed by atoms with Gasteiger partial charge in [-0.3, -0.25) is 0 Å². The van der Waals surface area contributed by atoms with E-state index in [0.29, 0.717) is 23.6 Å². The molecule has 0 amide bonds. The van der Waals surface area contributed by atoms with Gasteiger partial charge in [0, 0.05) is 6.61 Å². The van der Waals surface area contributed by atoms with Crippen LogP contribution in [0.25, 0.3) is 11.2 Å². The number of hydrogen-bond donors (Lipinski definition) is 4. The third kappa shape index (κ3) is 6.45. The predicted octanol–water partition coefficient (Wildman–Crippen LogP) is -0.0902. The SMILES string of the molecule is CN(C)CCCOC1C(C(O)CO)OC2OC(C)(C)OC21.Cl.Nc1ncnc2nc[nH]c12. The third-order valence-electron chi connectivity index (χ3n) is 4.91. The average Bonchev–Trinajstić information content (AvgIpc) is 3.38. The van der Waals surface area contributed by atoms with Crippen molar-refractivity contribution in [1.82, 2.24) is 24.8 Å². The molecule has 32 heavy (non-hydrogen) atoms. The van der Waals surface area contributed by atoms with Gasteiger partial charge in [-0.05, 0) is 40.9 Å². The van der Waals surface area contributed by atoms with Gasteiger partial charge in [0.25, 0.3) is 0 Å². The molecular weight excluding hydrogens is 444 g/mol. The van der Waals surface area contributed by atoms with Gasteiger partial charge in [0.15, 0.2) is 23.5 Å². The number of fused-ring (bicyclic) bond motifs is 2. The number of nitrogens with one attached hydrogen (secondary N) is 1. The van der Waals surface area contributed by atoms with E-state index >= 15 is 0 Å². The fourth-order valence-electron chi connectivity index (χ4n) is 3.49. The number of anilines is 1. The summed E-state index contributed by atoms with van der Waals surface area (Å²) in [6, 6.07) is 0. The first-order valence-corrected chi connectivity index (χ1v) is 10.2. The number of rotatable bonds is 7. The second kappa shape index (κ2) is 11.5. The third-order valence-corrected chi connectivity index (χ3v) is 4.91. The largest absolute Gasteiger partial charge is 0.394 e. The van der Waals surface area contributed by atoms with Gasteiger partial charge in [0.1, 0.15) is 36.3 Å². The highest BCUT2D eigenvalue weighted by Gasteiger charge is 2.56. The molecule has 12 nitrogen and oxygen atoms in total. The van der Waals surface area contributed by atoms with Crippen LogP contribution in [0.15, 0.2) is 12.7 Å². The molecule has 0 bridgehead atoms. The van der Waals surface area contributed by atoms with Crippen LogP contribution in [0.2, 0.25) is 0 Å². The van der Waals surface area contributed by atoms with E-state index in [9.17, 15) is 5.11 Å². The Morgan fingerprint density at radius 2 is 2.03 bits per heavy atom. The maximum atomic E-state index is 9.88. The molecule has 4 rings (SSSR count). The van der Waals surface area contributed by atoms with E-state index < -0.39 is 30.4 Å². The number of nitrogen functional groups attached to an aromatic ring is 1. The standard InChI is InChI=1S/C14H27NO6.C5H5N5.ClH/c1-14(2)20-12-11(18-7-5-6-15(3)4)10(9(17)8-16)19-13(12)21-14;6-4-3-5(9-1-7-3)10-2-8-4;/h9-13,16-17H,5-8H2,1-4H3;1-2H,(H3,6,7,8,9,10);1H. The summed E-state index contributed by atoms with van der Waals surface area (Å²) < 4.78 is 23.0. The lowest BCUT2D eigenvalue weighted by molar-refractivity contribution is -0.231. The number of nitrogens with two attached hydrogens (primary N) is 1. The van der Waals surface area contributed by atoms with Gasteiger partial charge in [-0.15, -0.1) is 12.4 Å². The zero-order valence-electron chi connectivity index (χ0n) is 18.7. The highest BCUT2D eigenvalue weighted by Crippen LogP contribution is 2.39. The predicted molar refractivity (Wildman–Crippen MR) is 118 cm³/mol. The summed E-state index contributed by atoms with van der Waals surface area (Å²) in [5, 5.41) is 19.0. The van der Waals surface area contributed by atoms with Crippen LogP contribution in [0.1, 0.15) is 20.3 Å². The quantitative estimate of drug-likeness (QED) is 0.395. The Morgan fingerprint density at radius 3 is 2.69 bits per heavy atom. The minimum Gasteiger partial charge on any atom is -0.394 e. The number of halogens is 1. The van der Waals surface area contributed by atoms with Gasteiger partial charge in [0.05, 0.1) is 12.9 Å². The molecular formula is C19H33ClN6O6. The number of aliphatic hydroxyl groups is 2. The minimum absolute atomic E-state index is 0. The molecule has 0 spiro atoms. The summed E-state index contributed by atoms with van der Waals surface area (Å²) in [5.74, 6) is -0.294. The van der Waals surface area contributed by atoms with E-state index in [-0.39, 0.29) is 25.1 Å². The lowest BCUT2D eigenvalue weighted by Crippen LogP contribution is -2.44. The number of nitrogens with zero attached hydrogens (tertiary/aromatic N) is 4. The summed E-state index contributed by atoms with van der Waals surface area (Å²) in [7, 11) is 4.01. The van der Waals surface area contributed by atoms with E-state index in [0.717, 1.165) is 13.0 Å². The normalized spacial score (nSPS) is 27.0. The van der Waals surface area contributed by atoms with Gasteiger partial charge in [-0.25, -0.2) is 15.0 Å². The summed E-state index contributed by atoms with van der Waals surface area (Å²) in [6.07, 6.45) is 0.753. The van der Waals surface area contributed by atoms with Crippen molar-refractivity contribution in [2.75, 3.05) is 39.6 Å². The van der Waals surface area contributed by atoms with E-state index in [1.165, 1.54) is 12.7 Å². The Kier molecular flexibility index (Phi) is 9.54. The van der Waals surface area contributed by atoms with Crippen LogP contribution < -0.4 is 5.73 Å². The molecule has 2 aliphatic rings. The van der Waals surface area contributed by atoms with Crippen molar-refractivity contribution in [1.29, 1.82) is 0 Å². The molecule has 182 valence electrons. The van der Waals surface area contributed by atoms with Crippen molar-refractivity contribution in [2.45, 2.75) is 56.8 Å². The van der Waals surface area contributed by atoms with Crippen LogP contribution in [0.5, 0.6) is 0 Å². The van der Waals surface area contributed by atoms with Gasteiger partial charge < -0.3 is 44.8 Å². The van der Waals surface area contributed by atoms with Crippen molar-refractivity contribution < 1.29 is 29.2 Å². The highest BCUT2D eigenvalue weighted by molar-refractivity contribution is 5.85. The number of aromatic amines is 1. The fraction of sp³-hybridized carbons (Fsp3) is 0.737. The first kappa shape index (κ1) is 26.6. The summed E-state index contributed by atoms with van der Waals surface area (Å²) in [4.78, 5) is 16.4. The Morgan fingerprint density at radius 1 is 1.28 bits per heavy atom. The smallest absolute Gasteiger partial charge is 0.190 e. The maximum absolute atomic E-state index is 9.88. The van der Waals surface area contributed by atoms with Gasteiger partial charge in [0.2, 0.25) is 0 Å². The zero-order valence-corrected chi connectivity index (χ0v) is 19.5. The topological polar surface area (TPSA) is 161 Å². The molecule has 0 saturated carbocycles. The molecule has 13 heteroatoms. The van der Waals surface area contributed by atoms with Gasteiger partial charge in [-0.2, -0.15) is 0 Å². The molecule has 5 N–H and O–H groups in total. The molecule has 0 radical (unpaired) electrons. The Hall–Kier alpha value is -1.64. The highest BCUT2D eigenvalue weighted by atomic mass is 35.5. The number of hydrogen-bond acceptors (Lipinski definition) is 11. The van der Waals surface area contributed by atoms with E-state index in [4.69, 9.17) is 29.8 Å². The molecule has 5 unspecified atom stereocenters. The number of aliphatic hydroxyl groups excluding tert-OH is 2. The molecule has 2 aromatic rings. The fourth-order valence-corrected chi connectivity index (χ4v) is 3.49. The number of aromatic nitrogens is 4. The van der Waals surface area contributed by atoms with Crippen molar-refractivity contribution in [3.05, 3.63) is 12.7 Å². The summed E-state index contributed by atoms with van der Waals surface area (Å²) in [5.41, 5.74) is 6.78. The van der Waals surface area contributed by atoms with E-state index in [1.54, 1.807) is 0 Å². The van der Waals surface area contributed by atoms with Crippen LogP contribution in [-0.2, 0) is 18.9 Å². The average molecular weight is 477 g/mol. The second-order valence-corrected chi connectivity index (χ2v) is 8.17. The van der Waals surface area contributed by atoms with Crippen molar-refractivity contribution in [3.63, 3.8) is 0 Å². The second-order valence-electron chi connectivity index (χ2n) is 8.17. The van der Waals surface area contributed by atoms with Gasteiger partial charge >= 0.3 is 0 Å². The minimum atomic E-state index is -1.01. The summed E-state index contributed by atoms with van der Waals surface area (Å²) in [6.45, 7) is 4.70. The molecule has 0 aromatic carbocycles. The van der Waals surface area contributed by atoms with Gasteiger partial charge in [-0.1, -0.05) is 0 Å². The molecule has 2 fully saturated rings. The molecule has 2 aromatic heterocycles. The van der Waals surface area contributed by atoms with Crippen molar-refractivity contribution in [2.24, 2.45) is 0 Å². The Bertz CT molecular complexity index is 839. The first-order valence-electron chi connectivity index (χ1n) is 10.2. The zero-order chi connectivity index (χ0) is 22.6. The number of H-pyrrole nitrogens is 1. The molecule has 4 heterocycles. The maximum Gasteiger partial charge on any atom is 0.190 e. The van der Waals surface area contributed by atoms with Crippen LogP contribution in [0.4, 0.5) is 5.82 Å². The molecule has 5 atom stereocenters. The Labute approximate surface area is 192 Å². The van der Waals surface area contributed by atoms with Crippen LogP contribution >= 0.6 is 12.4 Å². The molecule has 0 aliphatic carbocycles.